The van der Waals surface area contributed by atoms with Crippen molar-refractivity contribution < 1.29 is 9.53 Å². The molecule has 0 aromatic heterocycles. The average molecular weight is 297 g/mol. The molecule has 0 heterocycles. The molecule has 0 fully saturated rings. The van der Waals surface area contributed by atoms with Gasteiger partial charge < -0.3 is 4.74 Å². The number of carbonyl (C=O) groups is 1. The number of esters is 1. The summed E-state index contributed by atoms with van der Waals surface area (Å²) in [6, 6.07) is 6.01. The minimum Gasteiger partial charge on any atom is -0.460 e. The van der Waals surface area contributed by atoms with E-state index in [1.807, 2.05) is 32.9 Å². The van der Waals surface area contributed by atoms with E-state index in [0.717, 1.165) is 17.9 Å². The highest BCUT2D eigenvalue weighted by Crippen LogP contribution is 2.24. The Morgan fingerprint density at radius 1 is 1.30 bits per heavy atom. The molecule has 0 N–H and O–H groups in total. The first kappa shape index (κ1) is 17.0. The van der Waals surface area contributed by atoms with Gasteiger partial charge in [-0.05, 0) is 62.8 Å². The summed E-state index contributed by atoms with van der Waals surface area (Å²) in [5.74, 6) is 0.328. The Labute approximate surface area is 127 Å². The third kappa shape index (κ3) is 5.96. The Hall–Kier alpha value is -1.02. The fourth-order valence-electron chi connectivity index (χ4n) is 2.17. The summed E-state index contributed by atoms with van der Waals surface area (Å²) in [7, 11) is 0. The second-order valence-electron chi connectivity index (χ2n) is 6.44. The Balaban J connectivity index is 2.58. The molecule has 0 amide bonds. The topological polar surface area (TPSA) is 26.3 Å². The molecule has 0 aliphatic carbocycles. The van der Waals surface area contributed by atoms with Crippen molar-refractivity contribution in [1.82, 2.24) is 0 Å². The van der Waals surface area contributed by atoms with Crippen LogP contribution in [0.4, 0.5) is 0 Å². The van der Waals surface area contributed by atoms with Crippen LogP contribution in [0.5, 0.6) is 0 Å². The predicted octanol–water partition coefficient (Wildman–Crippen LogP) is 5.13. The van der Waals surface area contributed by atoms with Crippen molar-refractivity contribution in [1.29, 1.82) is 0 Å². The Bertz CT molecular complexity index is 459. The lowest BCUT2D eigenvalue weighted by atomic mass is 9.94. The van der Waals surface area contributed by atoms with E-state index >= 15 is 0 Å². The highest BCUT2D eigenvalue weighted by Gasteiger charge is 2.16. The molecule has 1 aromatic rings. The van der Waals surface area contributed by atoms with Crippen LogP contribution in [0.1, 0.15) is 64.5 Å². The minimum atomic E-state index is -0.407. The van der Waals surface area contributed by atoms with Gasteiger partial charge in [-0.25, -0.2) is 0 Å². The second kappa shape index (κ2) is 7.12. The highest BCUT2D eigenvalue weighted by molar-refractivity contribution is 6.30. The maximum Gasteiger partial charge on any atom is 0.306 e. The minimum absolute atomic E-state index is 0.134. The molecule has 2 nitrogen and oxygen atoms in total. The van der Waals surface area contributed by atoms with Gasteiger partial charge in [0.05, 0.1) is 0 Å². The summed E-state index contributed by atoms with van der Waals surface area (Å²) in [5, 5.41) is 0.752. The molecule has 0 unspecified atom stereocenters. The lowest BCUT2D eigenvalue weighted by Gasteiger charge is -2.19. The third-order valence-corrected chi connectivity index (χ3v) is 3.21. The number of aryl methyl sites for hydroxylation is 1. The largest absolute Gasteiger partial charge is 0.460 e. The summed E-state index contributed by atoms with van der Waals surface area (Å²) < 4.78 is 5.31. The van der Waals surface area contributed by atoms with Crippen LogP contribution in [-0.2, 0) is 16.0 Å². The van der Waals surface area contributed by atoms with E-state index < -0.39 is 5.60 Å². The lowest BCUT2D eigenvalue weighted by Crippen LogP contribution is -2.23. The van der Waals surface area contributed by atoms with Gasteiger partial charge in [-0.2, -0.15) is 0 Å². The molecule has 1 aromatic carbocycles. The van der Waals surface area contributed by atoms with Gasteiger partial charge in [0.2, 0.25) is 0 Å². The van der Waals surface area contributed by atoms with Gasteiger partial charge in [-0.15, -0.1) is 0 Å². The summed E-state index contributed by atoms with van der Waals surface area (Å²) in [6.45, 7) is 10.00. The number of hydrogen-bond acceptors (Lipinski definition) is 2. The maximum absolute atomic E-state index is 11.7. The van der Waals surface area contributed by atoms with Crippen molar-refractivity contribution >= 4 is 17.6 Å². The first-order chi connectivity index (χ1) is 9.19. The maximum atomic E-state index is 11.7. The molecule has 1 rings (SSSR count). The van der Waals surface area contributed by atoms with Crippen LogP contribution in [-0.4, -0.2) is 11.6 Å². The number of halogens is 1. The van der Waals surface area contributed by atoms with E-state index in [1.54, 1.807) is 0 Å². The smallest absolute Gasteiger partial charge is 0.306 e. The van der Waals surface area contributed by atoms with Crippen molar-refractivity contribution in [3.8, 4) is 0 Å². The molecule has 0 radical (unpaired) electrons. The van der Waals surface area contributed by atoms with Gasteiger partial charge in [0.15, 0.2) is 0 Å². The number of carbonyl (C=O) groups excluding carboxylic acids is 1. The van der Waals surface area contributed by atoms with Crippen LogP contribution in [0.15, 0.2) is 18.2 Å². The quantitative estimate of drug-likeness (QED) is 0.704. The molecular formula is C17H25ClO2. The fraction of sp³-hybridized carbons (Fsp3) is 0.588. The molecule has 0 saturated carbocycles. The summed E-state index contributed by atoms with van der Waals surface area (Å²) in [5.41, 5.74) is 2.13. The van der Waals surface area contributed by atoms with Crippen LogP contribution in [0, 0.1) is 0 Å². The monoisotopic (exact) mass is 296 g/mol. The molecule has 3 heteroatoms. The van der Waals surface area contributed by atoms with Crippen LogP contribution in [0.3, 0.4) is 0 Å². The molecule has 0 spiro atoms. The predicted molar refractivity (Wildman–Crippen MR) is 84.3 cm³/mol. The summed E-state index contributed by atoms with van der Waals surface area (Å²) in [6.07, 6.45) is 2.09. The lowest BCUT2D eigenvalue weighted by molar-refractivity contribution is -0.154. The number of hydrogen-bond donors (Lipinski definition) is 0. The zero-order valence-corrected chi connectivity index (χ0v) is 13.9. The molecule has 20 heavy (non-hydrogen) atoms. The van der Waals surface area contributed by atoms with Crippen molar-refractivity contribution in [2.45, 2.75) is 65.4 Å². The molecule has 112 valence electrons. The van der Waals surface area contributed by atoms with Crippen LogP contribution in [0.25, 0.3) is 0 Å². The van der Waals surface area contributed by atoms with Gasteiger partial charge >= 0.3 is 5.97 Å². The molecule has 0 saturated heterocycles. The molecule has 0 aliphatic rings. The molecular weight excluding hydrogens is 272 g/mol. The van der Waals surface area contributed by atoms with Gasteiger partial charge in [-0.3, -0.25) is 4.79 Å². The number of rotatable bonds is 5. The van der Waals surface area contributed by atoms with Crippen LogP contribution in [0.2, 0.25) is 5.02 Å². The molecule has 0 bridgehead atoms. The second-order valence-corrected chi connectivity index (χ2v) is 6.87. The standard InChI is InChI=1S/C17H25ClO2/c1-12(2)15-10-9-14(18)11-13(15)7-6-8-16(19)20-17(3,4)5/h9-12H,6-8H2,1-5H3. The third-order valence-electron chi connectivity index (χ3n) is 2.97. The van der Waals surface area contributed by atoms with Crippen LogP contribution < -0.4 is 0 Å². The van der Waals surface area contributed by atoms with E-state index in [9.17, 15) is 4.79 Å². The zero-order valence-electron chi connectivity index (χ0n) is 13.1. The SMILES string of the molecule is CC(C)c1ccc(Cl)cc1CCCC(=O)OC(C)(C)C. The number of ether oxygens (including phenoxy) is 1. The Kier molecular flexibility index (Phi) is 6.07. The Morgan fingerprint density at radius 2 is 1.95 bits per heavy atom. The zero-order chi connectivity index (χ0) is 15.3. The first-order valence-electron chi connectivity index (χ1n) is 7.19. The molecule has 0 atom stereocenters. The highest BCUT2D eigenvalue weighted by atomic mass is 35.5. The normalized spacial score (nSPS) is 11.8. The molecule has 0 aliphatic heterocycles. The van der Waals surface area contributed by atoms with Crippen molar-refractivity contribution in [3.63, 3.8) is 0 Å². The van der Waals surface area contributed by atoms with E-state index in [0.29, 0.717) is 12.3 Å². The van der Waals surface area contributed by atoms with Gasteiger partial charge in [-0.1, -0.05) is 31.5 Å². The van der Waals surface area contributed by atoms with Crippen molar-refractivity contribution in [3.05, 3.63) is 34.3 Å². The van der Waals surface area contributed by atoms with Crippen molar-refractivity contribution in [2.24, 2.45) is 0 Å². The van der Waals surface area contributed by atoms with Gasteiger partial charge in [0, 0.05) is 11.4 Å². The average Bonchev–Trinajstić information content (AvgIpc) is 2.26. The Morgan fingerprint density at radius 3 is 2.50 bits per heavy atom. The van der Waals surface area contributed by atoms with Gasteiger partial charge in [0.25, 0.3) is 0 Å². The van der Waals surface area contributed by atoms with E-state index in [-0.39, 0.29) is 5.97 Å². The fourth-order valence-corrected chi connectivity index (χ4v) is 2.36. The van der Waals surface area contributed by atoms with Gasteiger partial charge in [0.1, 0.15) is 5.60 Å². The van der Waals surface area contributed by atoms with Crippen molar-refractivity contribution in [2.75, 3.05) is 0 Å². The number of benzene rings is 1. The first-order valence-corrected chi connectivity index (χ1v) is 7.57. The summed E-state index contributed by atoms with van der Waals surface area (Å²) >= 11 is 6.06. The van der Waals surface area contributed by atoms with E-state index in [1.165, 1.54) is 11.1 Å². The summed E-state index contributed by atoms with van der Waals surface area (Å²) in [4.78, 5) is 11.7. The van der Waals surface area contributed by atoms with E-state index in [2.05, 4.69) is 19.9 Å². The van der Waals surface area contributed by atoms with Crippen LogP contribution >= 0.6 is 11.6 Å². The van der Waals surface area contributed by atoms with E-state index in [4.69, 9.17) is 16.3 Å².